The normalized spacial score (nSPS) is 15.0. The third kappa shape index (κ3) is 3.52. The number of imide groups is 2. The lowest BCUT2D eigenvalue weighted by Crippen LogP contribution is -2.46. The van der Waals surface area contributed by atoms with Gasteiger partial charge in [-0.25, -0.2) is 9.69 Å². The molecule has 1 atom stereocenters. The summed E-state index contributed by atoms with van der Waals surface area (Å²) in [7, 11) is 0. The number of amides is 5. The fourth-order valence-electron chi connectivity index (χ4n) is 2.95. The van der Waals surface area contributed by atoms with Crippen molar-refractivity contribution in [3.8, 4) is 0 Å². The van der Waals surface area contributed by atoms with Crippen molar-refractivity contribution in [1.29, 1.82) is 0 Å². The van der Waals surface area contributed by atoms with Gasteiger partial charge in [0, 0.05) is 23.6 Å². The van der Waals surface area contributed by atoms with Gasteiger partial charge in [0.1, 0.15) is 6.04 Å². The van der Waals surface area contributed by atoms with Crippen LogP contribution in [0, 0.1) is 0 Å². The molecule has 0 fully saturated rings. The van der Waals surface area contributed by atoms with Crippen molar-refractivity contribution >= 4 is 35.2 Å². The lowest BCUT2D eigenvalue weighted by molar-refractivity contribution is -0.119. The van der Waals surface area contributed by atoms with Gasteiger partial charge in [-0.05, 0) is 37.3 Å². The van der Waals surface area contributed by atoms with Crippen molar-refractivity contribution in [2.24, 2.45) is 0 Å². The zero-order chi connectivity index (χ0) is 20.4. The van der Waals surface area contributed by atoms with E-state index < -0.39 is 29.8 Å². The lowest BCUT2D eigenvalue weighted by atomic mass is 10.0. The highest BCUT2D eigenvalue weighted by atomic mass is 16.2. The molecule has 0 saturated carbocycles. The van der Waals surface area contributed by atoms with Gasteiger partial charge in [0.2, 0.25) is 5.91 Å². The van der Waals surface area contributed by atoms with E-state index in [9.17, 15) is 24.0 Å². The summed E-state index contributed by atoms with van der Waals surface area (Å²) in [6.45, 7) is 2.52. The number of Topliss-reactive ketones (excluding diaryl/α,β-unsaturated/α-hetero) is 1. The molecule has 5 amide bonds. The van der Waals surface area contributed by atoms with Crippen LogP contribution in [0.2, 0.25) is 0 Å². The molecule has 0 spiro atoms. The number of ketones is 1. The maximum atomic E-state index is 12.9. The molecule has 1 aliphatic heterocycles. The summed E-state index contributed by atoms with van der Waals surface area (Å²) in [6, 6.07) is 10.6. The Kier molecular flexibility index (Phi) is 5.04. The van der Waals surface area contributed by atoms with Gasteiger partial charge in [-0.15, -0.1) is 0 Å². The maximum Gasteiger partial charge on any atom is 0.335 e. The molecular weight excluding hydrogens is 362 g/mol. The number of hydrogen-bond donors (Lipinski definition) is 2. The molecule has 0 aromatic heterocycles. The zero-order valence-corrected chi connectivity index (χ0v) is 15.2. The fraction of sp³-hybridized carbons (Fsp3) is 0.150. The summed E-state index contributed by atoms with van der Waals surface area (Å²) >= 11 is 0. The minimum atomic E-state index is -1.17. The second-order valence-electron chi connectivity index (χ2n) is 6.26. The molecule has 8 nitrogen and oxygen atoms in total. The summed E-state index contributed by atoms with van der Waals surface area (Å²) in [4.78, 5) is 61.5. The van der Waals surface area contributed by atoms with Crippen LogP contribution in [0.4, 0.5) is 10.5 Å². The van der Waals surface area contributed by atoms with Crippen LogP contribution in [-0.4, -0.2) is 29.5 Å². The zero-order valence-electron chi connectivity index (χ0n) is 15.2. The molecule has 8 heteroatoms. The van der Waals surface area contributed by atoms with Crippen molar-refractivity contribution in [3.63, 3.8) is 0 Å². The Hall–Kier alpha value is -3.81. The number of hydrogen-bond acceptors (Lipinski definition) is 5. The standard InChI is InChI=1S/C20H17N3O5/c1-11(24)14-8-9-16-15(10-14)17(19(27)23(16)20(28)21-12(2)25)22-18(26)13-6-4-3-5-7-13/h3-10,17H,1-2H3,(H,22,26)(H,21,25,28). The van der Waals surface area contributed by atoms with Gasteiger partial charge in [-0.1, -0.05) is 18.2 Å². The van der Waals surface area contributed by atoms with Crippen LogP contribution in [0.25, 0.3) is 0 Å². The van der Waals surface area contributed by atoms with Gasteiger partial charge >= 0.3 is 6.03 Å². The van der Waals surface area contributed by atoms with Gasteiger partial charge < -0.3 is 5.32 Å². The van der Waals surface area contributed by atoms with E-state index in [1.165, 1.54) is 25.1 Å². The van der Waals surface area contributed by atoms with Gasteiger partial charge in [0.15, 0.2) is 5.78 Å². The fourth-order valence-corrected chi connectivity index (χ4v) is 2.95. The number of nitrogens with zero attached hydrogens (tertiary/aromatic N) is 1. The summed E-state index contributed by atoms with van der Waals surface area (Å²) < 4.78 is 0. The Labute approximate surface area is 160 Å². The smallest absolute Gasteiger partial charge is 0.335 e. The Morgan fingerprint density at radius 3 is 2.21 bits per heavy atom. The minimum Gasteiger partial charge on any atom is -0.336 e. The van der Waals surface area contributed by atoms with Gasteiger partial charge in [0.05, 0.1) is 5.69 Å². The van der Waals surface area contributed by atoms with Crippen molar-refractivity contribution < 1.29 is 24.0 Å². The SMILES string of the molecule is CC(=O)NC(=O)N1C(=O)C(NC(=O)c2ccccc2)c2cc(C(C)=O)ccc21. The Balaban J connectivity index is 2.01. The quantitative estimate of drug-likeness (QED) is 0.792. The molecule has 0 bridgehead atoms. The van der Waals surface area contributed by atoms with Gasteiger partial charge in [-0.3, -0.25) is 24.5 Å². The first-order valence-electron chi connectivity index (χ1n) is 8.46. The molecule has 1 unspecified atom stereocenters. The molecule has 1 aliphatic rings. The van der Waals surface area contributed by atoms with E-state index >= 15 is 0 Å². The van der Waals surface area contributed by atoms with E-state index in [4.69, 9.17) is 0 Å². The molecule has 2 aromatic carbocycles. The number of urea groups is 1. The summed E-state index contributed by atoms with van der Waals surface area (Å²) in [5, 5.41) is 4.65. The molecule has 142 valence electrons. The molecular formula is C20H17N3O5. The van der Waals surface area contributed by atoms with Crippen LogP contribution >= 0.6 is 0 Å². The number of carbonyl (C=O) groups is 5. The molecule has 28 heavy (non-hydrogen) atoms. The van der Waals surface area contributed by atoms with E-state index in [-0.39, 0.29) is 11.5 Å². The number of rotatable bonds is 3. The number of fused-ring (bicyclic) bond motifs is 1. The van der Waals surface area contributed by atoms with Crippen LogP contribution in [0.1, 0.15) is 46.2 Å². The highest BCUT2D eigenvalue weighted by Crippen LogP contribution is 2.37. The molecule has 3 rings (SSSR count). The van der Waals surface area contributed by atoms with E-state index in [1.807, 2.05) is 5.32 Å². The van der Waals surface area contributed by atoms with E-state index in [1.54, 1.807) is 30.3 Å². The Morgan fingerprint density at radius 1 is 0.929 bits per heavy atom. The van der Waals surface area contributed by atoms with E-state index in [0.717, 1.165) is 11.8 Å². The van der Waals surface area contributed by atoms with Crippen molar-refractivity contribution in [2.45, 2.75) is 19.9 Å². The number of benzene rings is 2. The molecule has 0 aliphatic carbocycles. The second kappa shape index (κ2) is 7.43. The average Bonchev–Trinajstić information content (AvgIpc) is 2.93. The lowest BCUT2D eigenvalue weighted by Gasteiger charge is -2.16. The highest BCUT2D eigenvalue weighted by Gasteiger charge is 2.42. The number of anilines is 1. The largest absolute Gasteiger partial charge is 0.336 e. The van der Waals surface area contributed by atoms with Crippen LogP contribution in [0.3, 0.4) is 0 Å². The second-order valence-corrected chi connectivity index (χ2v) is 6.26. The third-order valence-corrected chi connectivity index (χ3v) is 4.25. The molecule has 2 N–H and O–H groups in total. The first-order valence-corrected chi connectivity index (χ1v) is 8.46. The molecule has 0 radical (unpaired) electrons. The maximum absolute atomic E-state index is 12.9. The monoisotopic (exact) mass is 379 g/mol. The van der Waals surface area contributed by atoms with Crippen LogP contribution in [-0.2, 0) is 9.59 Å². The molecule has 1 heterocycles. The number of carbonyl (C=O) groups excluding carboxylic acids is 5. The minimum absolute atomic E-state index is 0.201. The average molecular weight is 379 g/mol. The first-order chi connectivity index (χ1) is 13.3. The Bertz CT molecular complexity index is 1000. The summed E-state index contributed by atoms with van der Waals surface area (Å²) in [6.07, 6.45) is 0. The van der Waals surface area contributed by atoms with Crippen LogP contribution in [0.15, 0.2) is 48.5 Å². The van der Waals surface area contributed by atoms with E-state index in [0.29, 0.717) is 16.7 Å². The summed E-state index contributed by atoms with van der Waals surface area (Å²) in [5.41, 5.74) is 1.18. The van der Waals surface area contributed by atoms with Crippen molar-refractivity contribution in [2.75, 3.05) is 4.90 Å². The predicted octanol–water partition coefficient (Wildman–Crippen LogP) is 1.96. The highest BCUT2D eigenvalue weighted by molar-refractivity contribution is 6.23. The van der Waals surface area contributed by atoms with Crippen molar-refractivity contribution in [1.82, 2.24) is 10.6 Å². The molecule has 2 aromatic rings. The summed E-state index contributed by atoms with van der Waals surface area (Å²) in [5.74, 6) is -2.09. The molecule has 0 saturated heterocycles. The third-order valence-electron chi connectivity index (χ3n) is 4.25. The van der Waals surface area contributed by atoms with Crippen LogP contribution < -0.4 is 15.5 Å². The Morgan fingerprint density at radius 2 is 1.61 bits per heavy atom. The van der Waals surface area contributed by atoms with Crippen molar-refractivity contribution in [3.05, 3.63) is 65.2 Å². The first kappa shape index (κ1) is 19.0. The predicted molar refractivity (Wildman–Crippen MR) is 99.8 cm³/mol. The van der Waals surface area contributed by atoms with Crippen LogP contribution in [0.5, 0.6) is 0 Å². The van der Waals surface area contributed by atoms with Gasteiger partial charge in [-0.2, -0.15) is 0 Å². The van der Waals surface area contributed by atoms with E-state index in [2.05, 4.69) is 5.32 Å². The van der Waals surface area contributed by atoms with Gasteiger partial charge in [0.25, 0.3) is 11.8 Å². The topological polar surface area (TPSA) is 113 Å². The number of nitrogens with one attached hydrogen (secondary N) is 2.